The molecule has 1 aliphatic rings. The van der Waals surface area contributed by atoms with E-state index in [1.54, 1.807) is 0 Å². The first-order valence-electron chi connectivity index (χ1n) is 7.72. The van der Waals surface area contributed by atoms with Gasteiger partial charge in [0.25, 0.3) is 0 Å². The standard InChI is InChI=1S/C17H26N2O/c1-14-2-4-15(5-3-14)6-7-17(20)19-12-9-16(8-11-18)10-13-19/h2-5,16H,6-13,18H2,1H3. The predicted octanol–water partition coefficient (Wildman–Crippen LogP) is 2.52. The number of carbonyl (C=O) groups excluding carboxylic acids is 1. The van der Waals surface area contributed by atoms with Crippen LogP contribution in [-0.4, -0.2) is 30.4 Å². The molecule has 3 nitrogen and oxygen atoms in total. The van der Waals surface area contributed by atoms with Gasteiger partial charge in [-0.05, 0) is 50.6 Å². The number of aryl methyl sites for hydroxylation is 2. The van der Waals surface area contributed by atoms with Crippen LogP contribution in [-0.2, 0) is 11.2 Å². The van der Waals surface area contributed by atoms with Gasteiger partial charge in [0.15, 0.2) is 0 Å². The van der Waals surface area contributed by atoms with Crippen molar-refractivity contribution in [2.45, 2.75) is 39.0 Å². The minimum absolute atomic E-state index is 0.303. The van der Waals surface area contributed by atoms with Crippen LogP contribution in [0, 0.1) is 12.8 Å². The van der Waals surface area contributed by atoms with Gasteiger partial charge in [-0.15, -0.1) is 0 Å². The summed E-state index contributed by atoms with van der Waals surface area (Å²) in [7, 11) is 0. The van der Waals surface area contributed by atoms with Crippen molar-refractivity contribution in [3.8, 4) is 0 Å². The molecule has 1 fully saturated rings. The quantitative estimate of drug-likeness (QED) is 0.897. The number of likely N-dealkylation sites (tertiary alicyclic amines) is 1. The van der Waals surface area contributed by atoms with Crippen LogP contribution in [0.5, 0.6) is 0 Å². The zero-order valence-corrected chi connectivity index (χ0v) is 12.5. The molecule has 1 aliphatic heterocycles. The van der Waals surface area contributed by atoms with E-state index >= 15 is 0 Å². The Morgan fingerprint density at radius 3 is 2.50 bits per heavy atom. The fraction of sp³-hybridized carbons (Fsp3) is 0.588. The molecular formula is C17H26N2O. The SMILES string of the molecule is Cc1ccc(CCC(=O)N2CCC(CCN)CC2)cc1. The molecule has 110 valence electrons. The summed E-state index contributed by atoms with van der Waals surface area (Å²) in [5.41, 5.74) is 8.11. The van der Waals surface area contributed by atoms with Crippen LogP contribution in [0.4, 0.5) is 0 Å². The lowest BCUT2D eigenvalue weighted by molar-refractivity contribution is -0.132. The van der Waals surface area contributed by atoms with E-state index in [4.69, 9.17) is 5.73 Å². The minimum atomic E-state index is 0.303. The fourth-order valence-corrected chi connectivity index (χ4v) is 2.87. The second kappa shape index (κ2) is 7.44. The average molecular weight is 274 g/mol. The summed E-state index contributed by atoms with van der Waals surface area (Å²) in [5.74, 6) is 1.03. The largest absolute Gasteiger partial charge is 0.343 e. The van der Waals surface area contributed by atoms with Gasteiger partial charge in [-0.25, -0.2) is 0 Å². The molecule has 0 unspecified atom stereocenters. The summed E-state index contributed by atoms with van der Waals surface area (Å²) in [4.78, 5) is 14.2. The van der Waals surface area contributed by atoms with E-state index in [1.807, 2.05) is 4.90 Å². The Morgan fingerprint density at radius 2 is 1.90 bits per heavy atom. The average Bonchev–Trinajstić information content (AvgIpc) is 2.47. The molecule has 20 heavy (non-hydrogen) atoms. The number of amides is 1. The highest BCUT2D eigenvalue weighted by molar-refractivity contribution is 5.76. The normalized spacial score (nSPS) is 16.4. The molecule has 1 aromatic rings. The first-order valence-corrected chi connectivity index (χ1v) is 7.72. The molecule has 0 bridgehead atoms. The number of nitrogens with two attached hydrogens (primary N) is 1. The topological polar surface area (TPSA) is 46.3 Å². The highest BCUT2D eigenvalue weighted by Gasteiger charge is 2.21. The van der Waals surface area contributed by atoms with Crippen molar-refractivity contribution < 1.29 is 4.79 Å². The minimum Gasteiger partial charge on any atom is -0.343 e. The maximum atomic E-state index is 12.2. The van der Waals surface area contributed by atoms with Gasteiger partial charge in [-0.3, -0.25) is 4.79 Å². The van der Waals surface area contributed by atoms with Gasteiger partial charge in [-0.2, -0.15) is 0 Å². The van der Waals surface area contributed by atoms with Crippen molar-refractivity contribution in [2.75, 3.05) is 19.6 Å². The van der Waals surface area contributed by atoms with Crippen molar-refractivity contribution >= 4 is 5.91 Å². The highest BCUT2D eigenvalue weighted by Crippen LogP contribution is 2.20. The third-order valence-electron chi connectivity index (χ3n) is 4.29. The molecule has 1 aromatic carbocycles. The molecule has 1 saturated heterocycles. The molecule has 3 heteroatoms. The number of hydrogen-bond acceptors (Lipinski definition) is 2. The predicted molar refractivity (Wildman–Crippen MR) is 82.5 cm³/mol. The van der Waals surface area contributed by atoms with Gasteiger partial charge in [0.05, 0.1) is 0 Å². The van der Waals surface area contributed by atoms with Gasteiger partial charge in [0.2, 0.25) is 5.91 Å². The summed E-state index contributed by atoms with van der Waals surface area (Å²) in [5, 5.41) is 0. The molecule has 0 spiro atoms. The first-order chi connectivity index (χ1) is 9.69. The Hall–Kier alpha value is -1.35. The number of rotatable bonds is 5. The molecule has 2 N–H and O–H groups in total. The second-order valence-corrected chi connectivity index (χ2v) is 5.89. The number of hydrogen-bond donors (Lipinski definition) is 1. The zero-order chi connectivity index (χ0) is 14.4. The van der Waals surface area contributed by atoms with Crippen molar-refractivity contribution in [1.29, 1.82) is 0 Å². The van der Waals surface area contributed by atoms with Gasteiger partial charge in [0, 0.05) is 19.5 Å². The maximum Gasteiger partial charge on any atom is 0.222 e. The van der Waals surface area contributed by atoms with Crippen molar-refractivity contribution in [3.05, 3.63) is 35.4 Å². The lowest BCUT2D eigenvalue weighted by Gasteiger charge is -2.32. The van der Waals surface area contributed by atoms with E-state index in [-0.39, 0.29) is 0 Å². The van der Waals surface area contributed by atoms with Crippen LogP contribution in [0.25, 0.3) is 0 Å². The van der Waals surface area contributed by atoms with Crippen molar-refractivity contribution in [2.24, 2.45) is 11.7 Å². The van der Waals surface area contributed by atoms with E-state index < -0.39 is 0 Å². The lowest BCUT2D eigenvalue weighted by atomic mass is 9.93. The molecule has 0 saturated carbocycles. The number of benzene rings is 1. The van der Waals surface area contributed by atoms with E-state index in [9.17, 15) is 4.79 Å². The summed E-state index contributed by atoms with van der Waals surface area (Å²) < 4.78 is 0. The smallest absolute Gasteiger partial charge is 0.222 e. The van der Waals surface area contributed by atoms with Crippen LogP contribution in [0.3, 0.4) is 0 Å². The van der Waals surface area contributed by atoms with Crippen LogP contribution in [0.1, 0.15) is 36.8 Å². The van der Waals surface area contributed by atoms with Crippen LogP contribution < -0.4 is 5.73 Å². The molecule has 0 atom stereocenters. The van der Waals surface area contributed by atoms with E-state index in [1.165, 1.54) is 11.1 Å². The second-order valence-electron chi connectivity index (χ2n) is 5.89. The van der Waals surface area contributed by atoms with Crippen molar-refractivity contribution in [3.63, 3.8) is 0 Å². The summed E-state index contributed by atoms with van der Waals surface area (Å²) in [6.07, 6.45) is 4.82. The van der Waals surface area contributed by atoms with Gasteiger partial charge >= 0.3 is 0 Å². The summed E-state index contributed by atoms with van der Waals surface area (Å²) in [6, 6.07) is 8.46. The molecule has 2 rings (SSSR count). The monoisotopic (exact) mass is 274 g/mol. The summed E-state index contributed by atoms with van der Waals surface area (Å²) >= 11 is 0. The van der Waals surface area contributed by atoms with Crippen LogP contribution >= 0.6 is 0 Å². The van der Waals surface area contributed by atoms with Crippen LogP contribution in [0.2, 0.25) is 0 Å². The Kier molecular flexibility index (Phi) is 5.60. The van der Waals surface area contributed by atoms with Crippen LogP contribution in [0.15, 0.2) is 24.3 Å². The fourth-order valence-electron chi connectivity index (χ4n) is 2.87. The number of carbonyl (C=O) groups is 1. The lowest BCUT2D eigenvalue weighted by Crippen LogP contribution is -2.38. The van der Waals surface area contributed by atoms with E-state index in [2.05, 4.69) is 31.2 Å². The third-order valence-corrected chi connectivity index (χ3v) is 4.29. The van der Waals surface area contributed by atoms with E-state index in [0.717, 1.165) is 51.2 Å². The third kappa shape index (κ3) is 4.34. The number of nitrogens with zero attached hydrogens (tertiary/aromatic N) is 1. The maximum absolute atomic E-state index is 12.2. The molecule has 0 aromatic heterocycles. The summed E-state index contributed by atoms with van der Waals surface area (Å²) in [6.45, 7) is 4.68. The number of piperidine rings is 1. The Morgan fingerprint density at radius 1 is 1.25 bits per heavy atom. The van der Waals surface area contributed by atoms with E-state index in [0.29, 0.717) is 12.3 Å². The molecule has 0 radical (unpaired) electrons. The first kappa shape index (κ1) is 15.0. The zero-order valence-electron chi connectivity index (χ0n) is 12.5. The van der Waals surface area contributed by atoms with Crippen molar-refractivity contribution in [1.82, 2.24) is 4.90 Å². The molecule has 0 aliphatic carbocycles. The Balaban J connectivity index is 1.74. The Bertz CT molecular complexity index is 419. The highest BCUT2D eigenvalue weighted by atomic mass is 16.2. The molecular weight excluding hydrogens is 248 g/mol. The Labute approximate surface area is 122 Å². The van der Waals surface area contributed by atoms with Gasteiger partial charge < -0.3 is 10.6 Å². The molecule has 1 amide bonds. The molecule has 1 heterocycles. The van der Waals surface area contributed by atoms with Gasteiger partial charge in [0.1, 0.15) is 0 Å². The van der Waals surface area contributed by atoms with Gasteiger partial charge in [-0.1, -0.05) is 29.8 Å².